The molecule has 114 valence electrons. The Labute approximate surface area is 123 Å². The quantitative estimate of drug-likeness (QED) is 0.836. The Kier molecular flexibility index (Phi) is 4.43. The van der Waals surface area contributed by atoms with Crippen molar-refractivity contribution in [1.29, 1.82) is 0 Å². The largest absolute Gasteiger partial charge is 0.321 e. The predicted octanol–water partition coefficient (Wildman–Crippen LogP) is 0.447. The first-order chi connectivity index (χ1) is 9.78. The van der Waals surface area contributed by atoms with Crippen molar-refractivity contribution in [2.24, 2.45) is 12.8 Å². The topological polar surface area (TPSA) is 95.0 Å². The number of aryl methyl sites for hydroxylation is 1. The fourth-order valence-electron chi connectivity index (χ4n) is 2.22. The van der Waals surface area contributed by atoms with Crippen LogP contribution in [0.3, 0.4) is 0 Å². The molecule has 0 aliphatic rings. The minimum atomic E-state index is -3.11. The van der Waals surface area contributed by atoms with Crippen LogP contribution in [0.15, 0.2) is 24.3 Å². The summed E-state index contributed by atoms with van der Waals surface area (Å²) >= 11 is 0. The van der Waals surface area contributed by atoms with E-state index in [1.165, 1.54) is 0 Å². The van der Waals surface area contributed by atoms with Gasteiger partial charge >= 0.3 is 0 Å². The SMILES string of the molecule is Cn1nc(CC(=O)C(N)CCS(C)(=O)=O)c2ccccc21. The van der Waals surface area contributed by atoms with Gasteiger partial charge in [0.2, 0.25) is 0 Å². The number of hydrogen-bond acceptors (Lipinski definition) is 5. The number of rotatable bonds is 6. The highest BCUT2D eigenvalue weighted by Gasteiger charge is 2.19. The van der Waals surface area contributed by atoms with Gasteiger partial charge in [-0.3, -0.25) is 9.48 Å². The van der Waals surface area contributed by atoms with Gasteiger partial charge in [-0.15, -0.1) is 0 Å². The molecule has 1 unspecified atom stereocenters. The number of fused-ring (bicyclic) bond motifs is 1. The van der Waals surface area contributed by atoms with Crippen molar-refractivity contribution < 1.29 is 13.2 Å². The highest BCUT2D eigenvalue weighted by Crippen LogP contribution is 2.18. The summed E-state index contributed by atoms with van der Waals surface area (Å²) in [5.41, 5.74) is 7.40. The number of nitrogens with zero attached hydrogens (tertiary/aromatic N) is 2. The molecule has 1 aromatic carbocycles. The monoisotopic (exact) mass is 309 g/mol. The molecular formula is C14H19N3O3S. The Morgan fingerprint density at radius 3 is 2.71 bits per heavy atom. The van der Waals surface area contributed by atoms with Crippen LogP contribution >= 0.6 is 0 Å². The normalized spacial score (nSPS) is 13.5. The molecule has 7 heteroatoms. The van der Waals surface area contributed by atoms with E-state index in [1.807, 2.05) is 31.3 Å². The Morgan fingerprint density at radius 1 is 1.38 bits per heavy atom. The van der Waals surface area contributed by atoms with Gasteiger partial charge in [0.05, 0.1) is 29.4 Å². The van der Waals surface area contributed by atoms with E-state index < -0.39 is 15.9 Å². The second-order valence-electron chi connectivity index (χ2n) is 5.26. The second-order valence-corrected chi connectivity index (χ2v) is 7.52. The Morgan fingerprint density at radius 2 is 2.05 bits per heavy atom. The van der Waals surface area contributed by atoms with E-state index in [0.29, 0.717) is 5.69 Å². The summed E-state index contributed by atoms with van der Waals surface area (Å²) in [6, 6.07) is 6.86. The zero-order valence-corrected chi connectivity index (χ0v) is 12.9. The average Bonchev–Trinajstić information content (AvgIpc) is 2.72. The number of carbonyl (C=O) groups is 1. The number of sulfone groups is 1. The maximum absolute atomic E-state index is 12.1. The van der Waals surface area contributed by atoms with E-state index >= 15 is 0 Å². The molecular weight excluding hydrogens is 290 g/mol. The lowest BCUT2D eigenvalue weighted by atomic mass is 10.0. The molecule has 1 aromatic heterocycles. The first-order valence-corrected chi connectivity index (χ1v) is 8.70. The van der Waals surface area contributed by atoms with E-state index in [-0.39, 0.29) is 24.4 Å². The van der Waals surface area contributed by atoms with Crippen LogP contribution in [0, 0.1) is 0 Å². The number of nitrogens with two attached hydrogens (primary N) is 1. The average molecular weight is 309 g/mol. The number of carbonyl (C=O) groups excluding carboxylic acids is 1. The van der Waals surface area contributed by atoms with E-state index in [1.54, 1.807) is 4.68 Å². The van der Waals surface area contributed by atoms with Gasteiger partial charge in [-0.2, -0.15) is 5.10 Å². The Bertz CT molecular complexity index is 765. The molecule has 0 saturated heterocycles. The zero-order chi connectivity index (χ0) is 15.6. The van der Waals surface area contributed by atoms with E-state index in [9.17, 15) is 13.2 Å². The molecule has 1 atom stereocenters. The number of hydrogen-bond donors (Lipinski definition) is 1. The highest BCUT2D eigenvalue weighted by molar-refractivity contribution is 7.90. The first kappa shape index (κ1) is 15.7. The van der Waals surface area contributed by atoms with Gasteiger partial charge in [0.1, 0.15) is 9.84 Å². The molecule has 0 amide bonds. The van der Waals surface area contributed by atoms with E-state index in [4.69, 9.17) is 5.73 Å². The van der Waals surface area contributed by atoms with Gasteiger partial charge in [0.25, 0.3) is 0 Å². The van der Waals surface area contributed by atoms with Gasteiger partial charge in [-0.1, -0.05) is 18.2 Å². The molecule has 2 N–H and O–H groups in total. The lowest BCUT2D eigenvalue weighted by Gasteiger charge is -2.08. The molecule has 0 spiro atoms. The Hall–Kier alpha value is -1.73. The molecule has 0 saturated carbocycles. The molecule has 0 aliphatic heterocycles. The lowest BCUT2D eigenvalue weighted by Crippen LogP contribution is -2.33. The van der Waals surface area contributed by atoms with Crippen molar-refractivity contribution in [2.45, 2.75) is 18.9 Å². The van der Waals surface area contributed by atoms with Crippen LogP contribution in [0.4, 0.5) is 0 Å². The third-order valence-corrected chi connectivity index (χ3v) is 4.37. The summed E-state index contributed by atoms with van der Waals surface area (Å²) in [5.74, 6) is -0.273. The Balaban J connectivity index is 2.11. The second kappa shape index (κ2) is 5.95. The van der Waals surface area contributed by atoms with Crippen molar-refractivity contribution in [3.63, 3.8) is 0 Å². The van der Waals surface area contributed by atoms with Crippen LogP contribution in [-0.4, -0.2) is 42.0 Å². The van der Waals surface area contributed by atoms with Crippen LogP contribution < -0.4 is 5.73 Å². The molecule has 6 nitrogen and oxygen atoms in total. The number of ketones is 1. The van der Waals surface area contributed by atoms with Crippen LogP contribution in [-0.2, 0) is 28.1 Å². The fraction of sp³-hybridized carbons (Fsp3) is 0.429. The van der Waals surface area contributed by atoms with Crippen molar-refractivity contribution in [2.75, 3.05) is 12.0 Å². The van der Waals surface area contributed by atoms with E-state index in [0.717, 1.165) is 17.2 Å². The summed E-state index contributed by atoms with van der Waals surface area (Å²) in [5, 5.41) is 5.26. The summed E-state index contributed by atoms with van der Waals surface area (Å²) in [6.07, 6.45) is 1.39. The van der Waals surface area contributed by atoms with Gasteiger partial charge in [0, 0.05) is 18.7 Å². The standard InChI is InChI=1S/C14H19N3O3S/c1-17-13-6-4-3-5-10(13)12(16-17)9-14(18)11(15)7-8-21(2,19)20/h3-6,11H,7-9,15H2,1-2H3. The van der Waals surface area contributed by atoms with E-state index in [2.05, 4.69) is 5.10 Å². The number of benzene rings is 1. The summed E-state index contributed by atoms with van der Waals surface area (Å²) in [6.45, 7) is 0. The predicted molar refractivity (Wildman–Crippen MR) is 81.7 cm³/mol. The van der Waals surface area contributed by atoms with Gasteiger partial charge in [-0.05, 0) is 12.5 Å². The van der Waals surface area contributed by atoms with Crippen LogP contribution in [0.5, 0.6) is 0 Å². The summed E-state index contributed by atoms with van der Waals surface area (Å²) in [7, 11) is -1.29. The molecule has 0 bridgehead atoms. The van der Waals surface area contributed by atoms with Gasteiger partial charge < -0.3 is 5.73 Å². The fourth-order valence-corrected chi connectivity index (χ4v) is 2.90. The molecule has 0 aliphatic carbocycles. The third-order valence-electron chi connectivity index (χ3n) is 3.39. The van der Waals surface area contributed by atoms with Gasteiger partial charge in [-0.25, -0.2) is 8.42 Å². The third kappa shape index (κ3) is 3.89. The number of aromatic nitrogens is 2. The van der Waals surface area contributed by atoms with Gasteiger partial charge in [0.15, 0.2) is 5.78 Å². The number of para-hydroxylation sites is 1. The molecule has 1 heterocycles. The van der Waals surface area contributed by atoms with Crippen LogP contribution in [0.25, 0.3) is 10.9 Å². The minimum Gasteiger partial charge on any atom is -0.321 e. The smallest absolute Gasteiger partial charge is 0.155 e. The maximum Gasteiger partial charge on any atom is 0.155 e. The zero-order valence-electron chi connectivity index (χ0n) is 12.1. The van der Waals surface area contributed by atoms with Crippen molar-refractivity contribution in [3.8, 4) is 0 Å². The molecule has 2 aromatic rings. The molecule has 2 rings (SSSR count). The highest BCUT2D eigenvalue weighted by atomic mass is 32.2. The first-order valence-electron chi connectivity index (χ1n) is 6.64. The van der Waals surface area contributed by atoms with Crippen molar-refractivity contribution in [1.82, 2.24) is 9.78 Å². The summed E-state index contributed by atoms with van der Waals surface area (Å²) < 4.78 is 23.9. The van der Waals surface area contributed by atoms with Crippen LogP contribution in [0.2, 0.25) is 0 Å². The minimum absolute atomic E-state index is 0.0805. The van der Waals surface area contributed by atoms with Crippen molar-refractivity contribution in [3.05, 3.63) is 30.0 Å². The molecule has 21 heavy (non-hydrogen) atoms. The molecule has 0 fully saturated rings. The summed E-state index contributed by atoms with van der Waals surface area (Å²) in [4.78, 5) is 12.1. The lowest BCUT2D eigenvalue weighted by molar-refractivity contribution is -0.119. The molecule has 0 radical (unpaired) electrons. The number of Topliss-reactive ketones (excluding diaryl/α,β-unsaturated/α-hetero) is 1. The van der Waals surface area contributed by atoms with Crippen molar-refractivity contribution >= 4 is 26.5 Å². The van der Waals surface area contributed by atoms with Crippen LogP contribution in [0.1, 0.15) is 12.1 Å². The maximum atomic E-state index is 12.1.